The molecule has 1 aliphatic rings. The summed E-state index contributed by atoms with van der Waals surface area (Å²) < 4.78 is 6.84. The molecule has 0 radical (unpaired) electrons. The fraction of sp³-hybridized carbons (Fsp3) is 0.413. The third kappa shape index (κ3) is 10.6. The van der Waals surface area contributed by atoms with E-state index in [2.05, 4.69) is 136 Å². The molecule has 2 N–H and O–H groups in total. The number of amides is 1. The van der Waals surface area contributed by atoms with Gasteiger partial charge in [0.05, 0.1) is 0 Å². The molecule has 5 rings (SSSR count). The molecule has 4 aromatic rings. The Morgan fingerprint density at radius 3 is 1.87 bits per heavy atom. The number of piperidine rings is 1. The molecule has 53 heavy (non-hydrogen) atoms. The van der Waals surface area contributed by atoms with E-state index in [1.807, 2.05) is 46.8 Å². The molecule has 0 saturated carbocycles. The van der Waals surface area contributed by atoms with E-state index in [-0.39, 0.29) is 28.9 Å². The van der Waals surface area contributed by atoms with E-state index in [1.54, 1.807) is 0 Å². The number of benzene rings is 4. The summed E-state index contributed by atoms with van der Waals surface area (Å²) in [5.41, 5.74) is 1.92. The Morgan fingerprint density at radius 1 is 0.830 bits per heavy atom. The molecule has 0 aliphatic carbocycles. The monoisotopic (exact) mass is 750 g/mol. The van der Waals surface area contributed by atoms with E-state index < -0.39 is 6.78 Å². The van der Waals surface area contributed by atoms with Crippen LogP contribution in [0.5, 0.6) is 5.75 Å². The first kappa shape index (κ1) is 40.7. The van der Waals surface area contributed by atoms with Gasteiger partial charge in [0.2, 0.25) is 5.91 Å². The van der Waals surface area contributed by atoms with E-state index in [1.165, 1.54) is 16.2 Å². The molecule has 5 nitrogen and oxygen atoms in total. The molecule has 1 aliphatic heterocycles. The molecular weight excluding hydrogens is 690 g/mol. The van der Waals surface area contributed by atoms with Gasteiger partial charge in [0.1, 0.15) is 12.5 Å². The summed E-state index contributed by atoms with van der Waals surface area (Å²) in [6.45, 7) is 10.2. The van der Waals surface area contributed by atoms with Crippen molar-refractivity contribution in [2.24, 2.45) is 5.92 Å². The molecule has 1 fully saturated rings. The first-order valence-corrected chi connectivity index (χ1v) is 22.4. The average molecular weight is 751 g/mol. The van der Waals surface area contributed by atoms with Gasteiger partial charge in [-0.25, -0.2) is 0 Å². The van der Waals surface area contributed by atoms with Crippen molar-refractivity contribution in [2.45, 2.75) is 115 Å². The minimum atomic E-state index is -2.29. The number of hydroxylamine groups is 2. The molecule has 4 aromatic carbocycles. The first-order chi connectivity index (χ1) is 25.3. The summed E-state index contributed by atoms with van der Waals surface area (Å²) in [6.07, 6.45) is 10.8. The van der Waals surface area contributed by atoms with Crippen molar-refractivity contribution in [2.75, 3.05) is 0 Å². The maximum Gasteiger partial charge on any atom is 0.223 e. The zero-order chi connectivity index (χ0) is 38.1. The van der Waals surface area contributed by atoms with Crippen molar-refractivity contribution in [1.82, 2.24) is 10.4 Å². The smallest absolute Gasteiger partial charge is 0.223 e. The van der Waals surface area contributed by atoms with E-state index in [9.17, 15) is 10.0 Å². The second-order valence-corrected chi connectivity index (χ2v) is 20.4. The van der Waals surface area contributed by atoms with Crippen molar-refractivity contribution in [3.63, 3.8) is 0 Å². The van der Waals surface area contributed by atoms with Gasteiger partial charge in [-0.05, 0) is 108 Å². The highest BCUT2D eigenvalue weighted by Crippen LogP contribution is 2.50. The number of carbonyl (C=O) groups excluding carboxylic acids is 1. The van der Waals surface area contributed by atoms with Crippen LogP contribution in [0, 0.1) is 5.92 Å². The summed E-state index contributed by atoms with van der Waals surface area (Å²) in [4.78, 5) is 13.2. The van der Waals surface area contributed by atoms with Gasteiger partial charge in [0, 0.05) is 33.6 Å². The number of nitrogens with one attached hydrogen (secondary N) is 1. The summed E-state index contributed by atoms with van der Waals surface area (Å²) in [7, 11) is 4.16. The summed E-state index contributed by atoms with van der Waals surface area (Å²) in [6, 6.07) is 40.6. The van der Waals surface area contributed by atoms with E-state index in [4.69, 9.17) is 4.52 Å². The normalized spacial score (nSPS) is 17.9. The van der Waals surface area contributed by atoms with Crippen molar-refractivity contribution >= 4 is 31.8 Å². The number of rotatable bonds is 16. The summed E-state index contributed by atoms with van der Waals surface area (Å²) >= 11 is 0. The van der Waals surface area contributed by atoms with Gasteiger partial charge >= 0.3 is 0 Å². The lowest BCUT2D eigenvalue weighted by Gasteiger charge is -2.51. The van der Waals surface area contributed by atoms with Crippen molar-refractivity contribution in [3.05, 3.63) is 139 Å². The standard InChI is InChI=1S/C46H60N2O3P2/c1-7-36(38-28-30-41(31-29-38)51-53(52,42-24-16-10-17-25-42)43-26-18-11-19-27-43)32-39(37-21-13-9-14-22-37)23-15-8-12-20-35(2)44(49)47-40-33-45(3,4)48(50)46(5,6)34-40/h8-11,13-19,21-22,24-31,35-36,39-40,50,52H,7,12,20,23,32-34H2,1-6H3,(H,47,49)/b15-8+. The van der Waals surface area contributed by atoms with Crippen molar-refractivity contribution in [1.29, 1.82) is 0 Å². The lowest BCUT2D eigenvalue weighted by molar-refractivity contribution is -0.246. The Bertz CT molecular complexity index is 1750. The Balaban J connectivity index is 1.20. The molecule has 1 amide bonds. The van der Waals surface area contributed by atoms with Crippen LogP contribution in [0.15, 0.2) is 127 Å². The van der Waals surface area contributed by atoms with Gasteiger partial charge in [0.25, 0.3) is 0 Å². The molecule has 3 unspecified atom stereocenters. The van der Waals surface area contributed by atoms with Crippen LogP contribution in [0.25, 0.3) is 0 Å². The van der Waals surface area contributed by atoms with Crippen LogP contribution in [0.3, 0.4) is 0 Å². The minimum Gasteiger partial charge on any atom is -0.464 e. The highest BCUT2D eigenvalue weighted by Gasteiger charge is 2.45. The fourth-order valence-electron chi connectivity index (χ4n) is 8.04. The number of hydrogen-bond acceptors (Lipinski definition) is 4. The number of allylic oxidation sites excluding steroid dienone is 2. The highest BCUT2D eigenvalue weighted by molar-refractivity contribution is 8.05. The molecule has 1 heterocycles. The number of hydrogen-bond donors (Lipinski definition) is 2. The van der Waals surface area contributed by atoms with E-state index >= 15 is 0 Å². The predicted octanol–water partition coefficient (Wildman–Crippen LogP) is 11.3. The molecule has 0 spiro atoms. The van der Waals surface area contributed by atoms with Gasteiger partial charge in [-0.2, -0.15) is 5.06 Å². The quantitative estimate of drug-likeness (QED) is 0.0884. The maximum absolute atomic E-state index is 13.2. The summed E-state index contributed by atoms with van der Waals surface area (Å²) in [5.74, 6) is 1.68. The van der Waals surface area contributed by atoms with Gasteiger partial charge in [0.15, 0.2) is 0 Å². The maximum atomic E-state index is 13.2. The van der Waals surface area contributed by atoms with Crippen LogP contribution in [0.1, 0.15) is 109 Å². The molecule has 282 valence electrons. The zero-order valence-electron chi connectivity index (χ0n) is 32.5. The van der Waals surface area contributed by atoms with Crippen LogP contribution in [-0.4, -0.2) is 33.3 Å². The highest BCUT2D eigenvalue weighted by atomic mass is 31.8. The van der Waals surface area contributed by atoms with Crippen LogP contribution in [0.4, 0.5) is 0 Å². The van der Waals surface area contributed by atoms with Crippen molar-refractivity contribution in [3.8, 4) is 5.75 Å². The molecule has 0 aromatic heterocycles. The Kier molecular flexibility index (Phi) is 14.0. The van der Waals surface area contributed by atoms with Gasteiger partial charge < -0.3 is 15.0 Å². The van der Waals surface area contributed by atoms with Crippen LogP contribution >= 0.6 is 15.3 Å². The molecule has 7 heteroatoms. The van der Waals surface area contributed by atoms with Crippen LogP contribution in [0.2, 0.25) is 0 Å². The van der Waals surface area contributed by atoms with Gasteiger partial charge in [-0.15, -0.1) is 0 Å². The molecule has 1 saturated heterocycles. The van der Waals surface area contributed by atoms with Gasteiger partial charge in [-0.1, -0.05) is 138 Å². The second kappa shape index (κ2) is 18.2. The van der Waals surface area contributed by atoms with Gasteiger partial charge in [-0.3, -0.25) is 4.79 Å². The van der Waals surface area contributed by atoms with Crippen LogP contribution < -0.4 is 20.4 Å². The third-order valence-electron chi connectivity index (χ3n) is 11.0. The van der Waals surface area contributed by atoms with Crippen LogP contribution in [-0.2, 0) is 4.79 Å². The SMILES string of the molecule is CCC(CC(C/C=C/CCC(C)C(=O)NC1CC(C)(C)N(O)C(C)(C)C1)c1ccccc1)c1ccc(OP(=P)(c2ccccc2)c2ccccc2)cc1. The number of carbonyl (C=O) groups is 1. The Labute approximate surface area is 321 Å². The minimum absolute atomic E-state index is 0.0543. The average Bonchev–Trinajstić information content (AvgIpc) is 3.16. The topological polar surface area (TPSA) is 61.8 Å². The second-order valence-electron chi connectivity index (χ2n) is 16.1. The lowest BCUT2D eigenvalue weighted by atomic mass is 9.79. The predicted molar refractivity (Wildman–Crippen MR) is 226 cm³/mol. The van der Waals surface area contributed by atoms with Crippen molar-refractivity contribution < 1.29 is 14.5 Å². The molecule has 0 bridgehead atoms. The van der Waals surface area contributed by atoms with E-state index in [0.717, 1.165) is 61.3 Å². The number of nitrogens with zero attached hydrogens (tertiary/aromatic N) is 1. The zero-order valence-corrected chi connectivity index (χ0v) is 34.4. The lowest BCUT2D eigenvalue weighted by Crippen LogP contribution is -2.63. The molecular formula is C46H60N2O3P2. The Hall–Kier alpha value is -3.46. The fourth-order valence-corrected chi connectivity index (χ4v) is 11.4. The largest absolute Gasteiger partial charge is 0.464 e. The van der Waals surface area contributed by atoms with E-state index in [0.29, 0.717) is 11.8 Å². The Morgan fingerprint density at radius 2 is 1.34 bits per heavy atom. The first-order valence-electron chi connectivity index (χ1n) is 19.4. The molecule has 3 atom stereocenters. The third-order valence-corrected chi connectivity index (χ3v) is 15.3. The summed E-state index contributed by atoms with van der Waals surface area (Å²) in [5, 5.41) is 17.7.